The van der Waals surface area contributed by atoms with Gasteiger partial charge in [0.05, 0.1) is 10.6 Å². The minimum atomic E-state index is -0.601. The highest BCUT2D eigenvalue weighted by atomic mass is 32.1. The molecule has 3 nitrogen and oxygen atoms in total. The smallest absolute Gasteiger partial charge is 0.118 e. The van der Waals surface area contributed by atoms with Crippen molar-refractivity contribution in [2.24, 2.45) is 0 Å². The van der Waals surface area contributed by atoms with E-state index in [1.54, 1.807) is 11.3 Å². The number of aliphatic hydroxyl groups excluding tert-OH is 1. The molecule has 0 aliphatic rings. The molecule has 0 aromatic carbocycles. The quantitative estimate of drug-likeness (QED) is 0.909. The Morgan fingerprint density at radius 3 is 2.59 bits per heavy atom. The van der Waals surface area contributed by atoms with Crippen molar-refractivity contribution in [3.05, 3.63) is 32.5 Å². The van der Waals surface area contributed by atoms with Gasteiger partial charge in [-0.3, -0.25) is 0 Å². The molecule has 0 radical (unpaired) electrons. The van der Waals surface area contributed by atoms with Crippen molar-refractivity contribution in [1.29, 1.82) is 0 Å². The molecule has 92 valence electrons. The molecule has 0 saturated carbocycles. The number of hydrogen-bond donors (Lipinski definition) is 1. The summed E-state index contributed by atoms with van der Waals surface area (Å²) in [6, 6.07) is 1.97. The Balaban J connectivity index is 2.42. The fraction of sp³-hybridized carbons (Fsp3) is 0.500. The van der Waals surface area contributed by atoms with Gasteiger partial charge in [-0.15, -0.1) is 16.4 Å². The minimum absolute atomic E-state index is 0.0900. The topological polar surface area (TPSA) is 46.0 Å². The first-order valence-electron chi connectivity index (χ1n) is 5.46. The second kappa shape index (κ2) is 4.48. The van der Waals surface area contributed by atoms with Crippen LogP contribution in [0.2, 0.25) is 0 Å². The van der Waals surface area contributed by atoms with Crippen LogP contribution in [0.4, 0.5) is 0 Å². The molecule has 2 heterocycles. The fourth-order valence-corrected chi connectivity index (χ4v) is 3.32. The van der Waals surface area contributed by atoms with Crippen LogP contribution in [-0.2, 0) is 5.41 Å². The van der Waals surface area contributed by atoms with Gasteiger partial charge in [0.25, 0.3) is 0 Å². The van der Waals surface area contributed by atoms with Crippen LogP contribution in [0.15, 0.2) is 11.4 Å². The van der Waals surface area contributed by atoms with E-state index in [4.69, 9.17) is 0 Å². The van der Waals surface area contributed by atoms with Crippen LogP contribution in [0.1, 0.15) is 47.9 Å². The zero-order valence-electron chi connectivity index (χ0n) is 10.4. The number of thiophene rings is 1. The van der Waals surface area contributed by atoms with Gasteiger partial charge in [-0.05, 0) is 35.5 Å². The maximum Gasteiger partial charge on any atom is 0.118 e. The third-order valence-corrected chi connectivity index (χ3v) is 4.30. The Morgan fingerprint density at radius 2 is 2.06 bits per heavy atom. The lowest BCUT2D eigenvalue weighted by atomic mass is 9.89. The molecule has 0 bridgehead atoms. The van der Waals surface area contributed by atoms with E-state index >= 15 is 0 Å². The molecule has 0 saturated heterocycles. The van der Waals surface area contributed by atoms with E-state index in [2.05, 4.69) is 30.4 Å². The summed E-state index contributed by atoms with van der Waals surface area (Å²) in [6.45, 7) is 8.27. The number of aliphatic hydroxyl groups is 1. The SMILES string of the molecule is Cc1sccc1C(O)c1snnc1C(C)(C)C. The summed E-state index contributed by atoms with van der Waals surface area (Å²) >= 11 is 2.93. The molecule has 0 fully saturated rings. The zero-order valence-corrected chi connectivity index (χ0v) is 12.0. The van der Waals surface area contributed by atoms with Crippen LogP contribution in [-0.4, -0.2) is 14.7 Å². The summed E-state index contributed by atoms with van der Waals surface area (Å²) in [4.78, 5) is 2.00. The Labute approximate surface area is 109 Å². The Morgan fingerprint density at radius 1 is 1.35 bits per heavy atom. The highest BCUT2D eigenvalue weighted by Gasteiger charge is 2.27. The Kier molecular flexibility index (Phi) is 3.34. The van der Waals surface area contributed by atoms with Gasteiger partial charge in [-0.1, -0.05) is 25.3 Å². The normalized spacial score (nSPS) is 13.9. The fourth-order valence-electron chi connectivity index (χ4n) is 1.72. The second-order valence-corrected chi connectivity index (χ2v) is 6.98. The van der Waals surface area contributed by atoms with Crippen LogP contribution in [0.3, 0.4) is 0 Å². The van der Waals surface area contributed by atoms with Crippen molar-refractivity contribution >= 4 is 22.9 Å². The van der Waals surface area contributed by atoms with Crippen molar-refractivity contribution in [1.82, 2.24) is 9.59 Å². The molecule has 5 heteroatoms. The predicted molar refractivity (Wildman–Crippen MR) is 71.7 cm³/mol. The second-order valence-electron chi connectivity index (χ2n) is 5.07. The van der Waals surface area contributed by atoms with E-state index in [0.29, 0.717) is 0 Å². The van der Waals surface area contributed by atoms with Crippen LogP contribution in [0, 0.1) is 6.92 Å². The van der Waals surface area contributed by atoms with Gasteiger partial charge < -0.3 is 5.11 Å². The summed E-state index contributed by atoms with van der Waals surface area (Å²) < 4.78 is 3.98. The van der Waals surface area contributed by atoms with Gasteiger partial charge in [0.1, 0.15) is 6.10 Å². The van der Waals surface area contributed by atoms with Gasteiger partial charge in [-0.25, -0.2) is 0 Å². The molecule has 0 aliphatic carbocycles. The van der Waals surface area contributed by atoms with Crippen molar-refractivity contribution in [2.75, 3.05) is 0 Å². The van der Waals surface area contributed by atoms with Crippen molar-refractivity contribution in [3.8, 4) is 0 Å². The van der Waals surface area contributed by atoms with E-state index in [0.717, 1.165) is 21.0 Å². The minimum Gasteiger partial charge on any atom is -0.383 e. The van der Waals surface area contributed by atoms with Crippen molar-refractivity contribution in [2.45, 2.75) is 39.2 Å². The third kappa shape index (κ3) is 2.41. The number of rotatable bonds is 2. The van der Waals surface area contributed by atoms with Gasteiger partial charge >= 0.3 is 0 Å². The maximum atomic E-state index is 10.4. The van der Waals surface area contributed by atoms with Gasteiger partial charge in [0, 0.05) is 10.3 Å². The number of aromatic nitrogens is 2. The number of hydrogen-bond acceptors (Lipinski definition) is 5. The molecule has 0 amide bonds. The summed E-state index contributed by atoms with van der Waals surface area (Å²) in [7, 11) is 0. The molecule has 2 rings (SSSR count). The molecule has 17 heavy (non-hydrogen) atoms. The van der Waals surface area contributed by atoms with Crippen LogP contribution in [0.5, 0.6) is 0 Å². The average molecular weight is 268 g/mol. The predicted octanol–water partition coefficient (Wildman–Crippen LogP) is 3.29. The summed E-state index contributed by atoms with van der Waals surface area (Å²) in [5, 5.41) is 16.6. The van der Waals surface area contributed by atoms with Crippen LogP contribution < -0.4 is 0 Å². The summed E-state index contributed by atoms with van der Waals surface area (Å²) in [6.07, 6.45) is -0.601. The highest BCUT2D eigenvalue weighted by molar-refractivity contribution is 7.10. The summed E-state index contributed by atoms with van der Waals surface area (Å²) in [5.74, 6) is 0. The average Bonchev–Trinajstić information content (AvgIpc) is 2.82. The van der Waals surface area contributed by atoms with Gasteiger partial charge in [-0.2, -0.15) is 0 Å². The first kappa shape index (κ1) is 12.7. The molecule has 2 aromatic heterocycles. The number of aryl methyl sites for hydroxylation is 1. The monoisotopic (exact) mass is 268 g/mol. The number of nitrogens with zero attached hydrogens (tertiary/aromatic N) is 2. The van der Waals surface area contributed by atoms with Crippen molar-refractivity contribution in [3.63, 3.8) is 0 Å². The standard InChI is InChI=1S/C12H16N2OS2/c1-7-8(5-6-16-7)9(15)10-11(12(2,3)4)13-14-17-10/h5-6,9,15H,1-4H3. The molecule has 1 atom stereocenters. The third-order valence-electron chi connectivity index (χ3n) is 2.67. The van der Waals surface area contributed by atoms with E-state index in [1.807, 2.05) is 18.4 Å². The van der Waals surface area contributed by atoms with Gasteiger partial charge in [0.15, 0.2) is 0 Å². The van der Waals surface area contributed by atoms with E-state index in [1.165, 1.54) is 11.5 Å². The molecular weight excluding hydrogens is 252 g/mol. The van der Waals surface area contributed by atoms with Crippen molar-refractivity contribution < 1.29 is 5.11 Å². The summed E-state index contributed by atoms with van der Waals surface area (Å²) in [5.41, 5.74) is 1.76. The van der Waals surface area contributed by atoms with E-state index in [9.17, 15) is 5.11 Å². The van der Waals surface area contributed by atoms with Gasteiger partial charge in [0.2, 0.25) is 0 Å². The molecular formula is C12H16N2OS2. The Hall–Kier alpha value is -0.780. The van der Waals surface area contributed by atoms with E-state index < -0.39 is 6.10 Å². The van der Waals surface area contributed by atoms with Crippen LogP contribution in [0.25, 0.3) is 0 Å². The largest absolute Gasteiger partial charge is 0.383 e. The lowest BCUT2D eigenvalue weighted by Gasteiger charge is -2.19. The maximum absolute atomic E-state index is 10.4. The highest BCUT2D eigenvalue weighted by Crippen LogP contribution is 2.35. The molecule has 2 aromatic rings. The lowest BCUT2D eigenvalue weighted by molar-refractivity contribution is 0.221. The zero-order chi connectivity index (χ0) is 12.6. The molecule has 1 unspecified atom stereocenters. The first-order chi connectivity index (χ1) is 7.91. The Bertz CT molecular complexity index is 511. The lowest BCUT2D eigenvalue weighted by Crippen LogP contribution is -2.16. The molecule has 0 spiro atoms. The first-order valence-corrected chi connectivity index (χ1v) is 7.11. The molecule has 1 N–H and O–H groups in total. The molecule has 0 aliphatic heterocycles. The van der Waals surface area contributed by atoms with Crippen LogP contribution >= 0.6 is 22.9 Å². The van der Waals surface area contributed by atoms with E-state index in [-0.39, 0.29) is 5.41 Å².